The highest BCUT2D eigenvalue weighted by Crippen LogP contribution is 2.17. The van der Waals surface area contributed by atoms with E-state index in [-0.39, 0.29) is 18.4 Å². The first kappa shape index (κ1) is 15.3. The summed E-state index contributed by atoms with van der Waals surface area (Å²) in [6, 6.07) is 7.44. The molecular formula is C15H21N3O3. The lowest BCUT2D eigenvalue weighted by Gasteiger charge is -2.35. The molecule has 1 aromatic rings. The minimum absolute atomic E-state index is 0.00112. The Labute approximate surface area is 124 Å². The molecule has 1 heterocycles. The van der Waals surface area contributed by atoms with Gasteiger partial charge < -0.3 is 19.9 Å². The molecule has 6 nitrogen and oxygen atoms in total. The normalized spacial score (nSPS) is 15.0. The topological polar surface area (TPSA) is 61.9 Å². The van der Waals surface area contributed by atoms with Gasteiger partial charge in [0.1, 0.15) is 6.61 Å². The van der Waals surface area contributed by atoms with Crippen molar-refractivity contribution < 1.29 is 14.3 Å². The van der Waals surface area contributed by atoms with Gasteiger partial charge in [-0.25, -0.2) is 0 Å². The standard InChI is InChI=1S/C15H21N3O3/c1-16-13-6-4-3-5-12(13)15(20)18-9-7-17(8-10-18)14(19)11-21-2/h3-6,16H,7-11H2,1-2H3. The van der Waals surface area contributed by atoms with E-state index >= 15 is 0 Å². The Balaban J connectivity index is 1.99. The fraction of sp³-hybridized carbons (Fsp3) is 0.467. The van der Waals surface area contributed by atoms with E-state index in [1.807, 2.05) is 24.3 Å². The number of carbonyl (C=O) groups excluding carboxylic acids is 2. The van der Waals surface area contributed by atoms with Crippen LogP contribution in [0.2, 0.25) is 0 Å². The van der Waals surface area contributed by atoms with Crippen LogP contribution in [0.25, 0.3) is 0 Å². The molecule has 0 atom stereocenters. The summed E-state index contributed by atoms with van der Waals surface area (Å²) in [5, 5.41) is 3.03. The number of amides is 2. The van der Waals surface area contributed by atoms with Gasteiger partial charge >= 0.3 is 0 Å². The van der Waals surface area contributed by atoms with Crippen LogP contribution in [0, 0.1) is 0 Å². The van der Waals surface area contributed by atoms with Crippen LogP contribution in [0.5, 0.6) is 0 Å². The van der Waals surface area contributed by atoms with Gasteiger partial charge in [-0.1, -0.05) is 12.1 Å². The second-order valence-electron chi connectivity index (χ2n) is 4.90. The number of hydrogen-bond acceptors (Lipinski definition) is 4. The van der Waals surface area contributed by atoms with Crippen molar-refractivity contribution in [2.75, 3.05) is 52.3 Å². The van der Waals surface area contributed by atoms with Gasteiger partial charge in [-0.05, 0) is 12.1 Å². The Morgan fingerprint density at radius 1 is 1.14 bits per heavy atom. The minimum Gasteiger partial charge on any atom is -0.387 e. The third kappa shape index (κ3) is 3.52. The molecular weight excluding hydrogens is 270 g/mol. The molecule has 0 saturated carbocycles. The van der Waals surface area contributed by atoms with Crippen molar-refractivity contribution in [3.63, 3.8) is 0 Å². The van der Waals surface area contributed by atoms with Gasteiger partial charge in [0.05, 0.1) is 5.56 Å². The molecule has 2 amide bonds. The van der Waals surface area contributed by atoms with Crippen LogP contribution >= 0.6 is 0 Å². The van der Waals surface area contributed by atoms with Gasteiger partial charge in [0, 0.05) is 46.0 Å². The third-order valence-corrected chi connectivity index (χ3v) is 3.61. The maximum Gasteiger partial charge on any atom is 0.256 e. The predicted octanol–water partition coefficient (Wildman–Crippen LogP) is 0.659. The van der Waals surface area contributed by atoms with Gasteiger partial charge in [-0.15, -0.1) is 0 Å². The van der Waals surface area contributed by atoms with Crippen molar-refractivity contribution in [1.82, 2.24) is 9.80 Å². The first-order chi connectivity index (χ1) is 10.2. The number of ether oxygens (including phenoxy) is 1. The first-order valence-corrected chi connectivity index (χ1v) is 7.00. The number of methoxy groups -OCH3 is 1. The van der Waals surface area contributed by atoms with Crippen LogP contribution in [0.15, 0.2) is 24.3 Å². The van der Waals surface area contributed by atoms with Gasteiger partial charge in [0.25, 0.3) is 5.91 Å². The van der Waals surface area contributed by atoms with Crippen molar-refractivity contribution >= 4 is 17.5 Å². The van der Waals surface area contributed by atoms with Crippen LogP contribution in [0.4, 0.5) is 5.69 Å². The Kier molecular flexibility index (Phi) is 5.16. The quantitative estimate of drug-likeness (QED) is 0.885. The summed E-state index contributed by atoms with van der Waals surface area (Å²) in [5.41, 5.74) is 1.48. The van der Waals surface area contributed by atoms with Crippen LogP contribution < -0.4 is 5.32 Å². The van der Waals surface area contributed by atoms with E-state index in [0.717, 1.165) is 5.69 Å². The van der Waals surface area contributed by atoms with E-state index in [0.29, 0.717) is 31.7 Å². The Bertz CT molecular complexity index is 511. The number of rotatable bonds is 4. The van der Waals surface area contributed by atoms with E-state index in [2.05, 4.69) is 5.32 Å². The number of piperazine rings is 1. The molecule has 1 saturated heterocycles. The number of nitrogens with one attached hydrogen (secondary N) is 1. The van der Waals surface area contributed by atoms with Crippen molar-refractivity contribution in [2.24, 2.45) is 0 Å². The number of benzene rings is 1. The molecule has 6 heteroatoms. The van der Waals surface area contributed by atoms with Gasteiger partial charge in [0.15, 0.2) is 0 Å². The van der Waals surface area contributed by atoms with Gasteiger partial charge in [-0.3, -0.25) is 9.59 Å². The summed E-state index contributed by atoms with van der Waals surface area (Å²) in [5.74, 6) is -0.0287. The molecule has 0 aromatic heterocycles. The summed E-state index contributed by atoms with van der Waals surface area (Å²) < 4.78 is 4.85. The number of nitrogens with zero attached hydrogens (tertiary/aromatic N) is 2. The highest BCUT2D eigenvalue weighted by Gasteiger charge is 2.25. The van der Waals surface area contributed by atoms with E-state index in [9.17, 15) is 9.59 Å². The number of hydrogen-bond donors (Lipinski definition) is 1. The summed E-state index contributed by atoms with van der Waals surface area (Å²) in [4.78, 5) is 27.8. The highest BCUT2D eigenvalue weighted by molar-refractivity contribution is 5.99. The lowest BCUT2D eigenvalue weighted by atomic mass is 10.1. The van der Waals surface area contributed by atoms with Crippen LogP contribution in [0.1, 0.15) is 10.4 Å². The molecule has 21 heavy (non-hydrogen) atoms. The maximum atomic E-state index is 12.5. The molecule has 0 unspecified atom stereocenters. The van der Waals surface area contributed by atoms with Crippen molar-refractivity contribution in [3.8, 4) is 0 Å². The molecule has 0 bridgehead atoms. The SMILES string of the molecule is CNc1ccccc1C(=O)N1CCN(C(=O)COC)CC1. The smallest absolute Gasteiger partial charge is 0.256 e. The lowest BCUT2D eigenvalue weighted by Crippen LogP contribution is -2.51. The largest absolute Gasteiger partial charge is 0.387 e. The zero-order chi connectivity index (χ0) is 15.2. The molecule has 0 radical (unpaired) electrons. The van der Waals surface area contributed by atoms with E-state index in [4.69, 9.17) is 4.74 Å². The fourth-order valence-corrected chi connectivity index (χ4v) is 2.43. The third-order valence-electron chi connectivity index (χ3n) is 3.61. The zero-order valence-electron chi connectivity index (χ0n) is 12.5. The number of para-hydroxylation sites is 1. The molecule has 114 valence electrons. The molecule has 0 aliphatic carbocycles. The van der Waals surface area contributed by atoms with Crippen LogP contribution in [-0.2, 0) is 9.53 Å². The molecule has 0 spiro atoms. The van der Waals surface area contributed by atoms with Gasteiger partial charge in [0.2, 0.25) is 5.91 Å². The summed E-state index contributed by atoms with van der Waals surface area (Å²) >= 11 is 0. The first-order valence-electron chi connectivity index (χ1n) is 7.00. The predicted molar refractivity (Wildman–Crippen MR) is 80.3 cm³/mol. The molecule has 1 N–H and O–H groups in total. The summed E-state index contributed by atoms with van der Waals surface area (Å²) in [6.45, 7) is 2.29. The van der Waals surface area contributed by atoms with Crippen molar-refractivity contribution in [3.05, 3.63) is 29.8 Å². The molecule has 2 rings (SSSR count). The monoisotopic (exact) mass is 291 g/mol. The number of carbonyl (C=O) groups is 2. The van der Waals surface area contributed by atoms with E-state index < -0.39 is 0 Å². The molecule has 1 aromatic carbocycles. The Morgan fingerprint density at radius 2 is 1.76 bits per heavy atom. The second kappa shape index (κ2) is 7.08. The zero-order valence-corrected chi connectivity index (χ0v) is 12.5. The summed E-state index contributed by atoms with van der Waals surface area (Å²) in [7, 11) is 3.31. The van der Waals surface area contributed by atoms with Crippen LogP contribution in [0.3, 0.4) is 0 Å². The van der Waals surface area contributed by atoms with Crippen molar-refractivity contribution in [1.29, 1.82) is 0 Å². The Morgan fingerprint density at radius 3 is 2.38 bits per heavy atom. The number of anilines is 1. The highest BCUT2D eigenvalue weighted by atomic mass is 16.5. The Hall–Kier alpha value is -2.08. The van der Waals surface area contributed by atoms with E-state index in [1.165, 1.54) is 7.11 Å². The average molecular weight is 291 g/mol. The minimum atomic E-state index is -0.0276. The van der Waals surface area contributed by atoms with Crippen molar-refractivity contribution in [2.45, 2.75) is 0 Å². The lowest BCUT2D eigenvalue weighted by molar-refractivity contribution is -0.136. The summed E-state index contributed by atoms with van der Waals surface area (Å²) in [6.07, 6.45) is 0. The maximum absolute atomic E-state index is 12.5. The average Bonchev–Trinajstić information content (AvgIpc) is 2.54. The second-order valence-corrected chi connectivity index (χ2v) is 4.90. The molecule has 1 fully saturated rings. The molecule has 1 aliphatic rings. The van der Waals surface area contributed by atoms with E-state index in [1.54, 1.807) is 16.8 Å². The van der Waals surface area contributed by atoms with Gasteiger partial charge in [-0.2, -0.15) is 0 Å². The molecule has 1 aliphatic heterocycles. The van der Waals surface area contributed by atoms with Crippen LogP contribution in [-0.4, -0.2) is 68.6 Å². The fourth-order valence-electron chi connectivity index (χ4n) is 2.43.